The van der Waals surface area contributed by atoms with Crippen molar-refractivity contribution in [2.24, 2.45) is 5.92 Å². The Balaban J connectivity index is 1.33. The third kappa shape index (κ3) is 4.53. The molecule has 8 nitrogen and oxygen atoms in total. The summed E-state index contributed by atoms with van der Waals surface area (Å²) in [6.45, 7) is 2.05. The van der Waals surface area contributed by atoms with Crippen LogP contribution >= 0.6 is 0 Å². The lowest BCUT2D eigenvalue weighted by Crippen LogP contribution is -2.51. The lowest BCUT2D eigenvalue weighted by Gasteiger charge is -2.45. The minimum absolute atomic E-state index is 0.124. The van der Waals surface area contributed by atoms with Crippen molar-refractivity contribution >= 4 is 15.9 Å². The average molecular weight is 431 g/mol. The quantitative estimate of drug-likeness (QED) is 0.777. The van der Waals surface area contributed by atoms with Crippen LogP contribution in [0.25, 0.3) is 0 Å². The molecule has 2 saturated heterocycles. The first-order valence-corrected chi connectivity index (χ1v) is 11.6. The van der Waals surface area contributed by atoms with Crippen LogP contribution < -0.4 is 5.32 Å². The molecule has 0 aromatic carbocycles. The molecule has 2 aliphatic heterocycles. The smallest absolute Gasteiger partial charge is 0.252 e. The van der Waals surface area contributed by atoms with Gasteiger partial charge in [0.05, 0.1) is 11.2 Å². The van der Waals surface area contributed by atoms with Crippen LogP contribution in [0.5, 0.6) is 0 Å². The summed E-state index contributed by atoms with van der Waals surface area (Å²) in [5.41, 5.74) is 0.233. The number of carbonyl (C=O) groups is 1. The number of aromatic nitrogens is 2. The highest BCUT2D eigenvalue weighted by Crippen LogP contribution is 2.38. The summed E-state index contributed by atoms with van der Waals surface area (Å²) in [5, 5.41) is 3.00. The number of amides is 1. The van der Waals surface area contributed by atoms with Gasteiger partial charge in [0.15, 0.2) is 0 Å². The van der Waals surface area contributed by atoms with Crippen molar-refractivity contribution in [1.29, 1.82) is 0 Å². The number of nitrogens with zero attached hydrogens (tertiary/aromatic N) is 3. The third-order valence-corrected chi connectivity index (χ3v) is 7.86. The molecular weight excluding hydrogens is 404 g/mol. The summed E-state index contributed by atoms with van der Waals surface area (Å²) < 4.78 is 33.3. The van der Waals surface area contributed by atoms with Crippen LogP contribution in [0.3, 0.4) is 0 Å². The van der Waals surface area contributed by atoms with Gasteiger partial charge in [0.1, 0.15) is 4.90 Å². The molecule has 0 radical (unpaired) electrons. The molecule has 0 aliphatic carbocycles. The molecule has 30 heavy (non-hydrogen) atoms. The minimum atomic E-state index is -3.53. The summed E-state index contributed by atoms with van der Waals surface area (Å²) in [6.07, 6.45) is 9.15. The van der Waals surface area contributed by atoms with Crippen LogP contribution in [0.15, 0.2) is 53.9 Å². The molecule has 2 aromatic rings. The Morgan fingerprint density at radius 3 is 2.57 bits per heavy atom. The van der Waals surface area contributed by atoms with Crippen LogP contribution in [-0.4, -0.2) is 60.4 Å². The average Bonchev–Trinajstić information content (AvgIpc) is 2.79. The van der Waals surface area contributed by atoms with Gasteiger partial charge in [0.25, 0.3) is 5.91 Å². The molecule has 0 bridgehead atoms. The molecule has 2 aliphatic rings. The standard InChI is InChI=1S/C21H26N4O4S/c26-20(18-3-1-8-22-15-18)24-14-17-5-12-29-21(13-17)6-10-25(11-7-21)30(27,28)19-4-2-9-23-16-19/h1-4,8-9,15-17H,5-7,10-14H2,(H,24,26). The molecule has 160 valence electrons. The van der Waals surface area contributed by atoms with Crippen molar-refractivity contribution in [1.82, 2.24) is 19.6 Å². The van der Waals surface area contributed by atoms with E-state index in [1.54, 1.807) is 42.9 Å². The summed E-state index contributed by atoms with van der Waals surface area (Å²) in [5.74, 6) is 0.182. The van der Waals surface area contributed by atoms with Crippen molar-refractivity contribution in [3.8, 4) is 0 Å². The Morgan fingerprint density at radius 1 is 1.17 bits per heavy atom. The van der Waals surface area contributed by atoms with Crippen molar-refractivity contribution in [2.75, 3.05) is 26.2 Å². The molecule has 4 heterocycles. The predicted octanol–water partition coefficient (Wildman–Crippen LogP) is 1.86. The molecule has 9 heteroatoms. The van der Waals surface area contributed by atoms with Crippen LogP contribution in [0.4, 0.5) is 0 Å². The van der Waals surface area contributed by atoms with Gasteiger partial charge in [-0.05, 0) is 55.9 Å². The van der Waals surface area contributed by atoms with E-state index in [9.17, 15) is 13.2 Å². The van der Waals surface area contributed by atoms with Gasteiger partial charge in [-0.3, -0.25) is 14.8 Å². The lowest BCUT2D eigenvalue weighted by atomic mass is 9.80. The zero-order chi connectivity index (χ0) is 21.0. The number of rotatable bonds is 5. The van der Waals surface area contributed by atoms with Crippen LogP contribution in [0.1, 0.15) is 36.0 Å². The van der Waals surface area contributed by atoms with Gasteiger partial charge in [0, 0.05) is 51.0 Å². The molecule has 2 aromatic heterocycles. The fourth-order valence-electron chi connectivity index (χ4n) is 4.27. The van der Waals surface area contributed by atoms with Crippen molar-refractivity contribution in [2.45, 2.75) is 36.2 Å². The second-order valence-electron chi connectivity index (χ2n) is 7.93. The van der Waals surface area contributed by atoms with Gasteiger partial charge in [0.2, 0.25) is 10.0 Å². The van der Waals surface area contributed by atoms with Crippen LogP contribution in [0.2, 0.25) is 0 Å². The SMILES string of the molecule is O=C(NCC1CCOC2(CCN(S(=O)(=O)c3cccnc3)CC2)C1)c1cccnc1. The second-order valence-corrected chi connectivity index (χ2v) is 9.87. The van der Waals surface area contributed by atoms with E-state index in [-0.39, 0.29) is 16.4 Å². The van der Waals surface area contributed by atoms with Crippen molar-refractivity contribution < 1.29 is 17.9 Å². The Bertz CT molecular complexity index is 961. The van der Waals surface area contributed by atoms with E-state index in [1.165, 1.54) is 10.5 Å². The zero-order valence-electron chi connectivity index (χ0n) is 16.7. The number of pyridine rings is 2. The maximum absolute atomic E-state index is 12.8. The molecule has 1 N–H and O–H groups in total. The number of piperidine rings is 1. The molecule has 1 atom stereocenters. The first-order valence-electron chi connectivity index (χ1n) is 10.2. The van der Waals surface area contributed by atoms with E-state index in [4.69, 9.17) is 4.74 Å². The number of hydrogen-bond acceptors (Lipinski definition) is 6. The van der Waals surface area contributed by atoms with Crippen LogP contribution in [0, 0.1) is 5.92 Å². The summed E-state index contributed by atoms with van der Waals surface area (Å²) >= 11 is 0. The largest absolute Gasteiger partial charge is 0.375 e. The highest BCUT2D eigenvalue weighted by atomic mass is 32.2. The highest BCUT2D eigenvalue weighted by molar-refractivity contribution is 7.89. The molecule has 1 amide bonds. The first-order chi connectivity index (χ1) is 14.5. The number of sulfonamides is 1. The number of hydrogen-bond donors (Lipinski definition) is 1. The number of nitrogens with one attached hydrogen (secondary N) is 1. The van der Waals surface area contributed by atoms with Crippen molar-refractivity contribution in [3.63, 3.8) is 0 Å². The second kappa shape index (κ2) is 8.79. The molecule has 1 spiro atoms. The third-order valence-electron chi connectivity index (χ3n) is 5.98. The minimum Gasteiger partial charge on any atom is -0.375 e. The Labute approximate surface area is 176 Å². The van der Waals surface area contributed by atoms with Gasteiger partial charge in [-0.1, -0.05) is 0 Å². The van der Waals surface area contributed by atoms with E-state index < -0.39 is 10.0 Å². The van der Waals surface area contributed by atoms with Gasteiger partial charge in [-0.2, -0.15) is 4.31 Å². The summed E-state index contributed by atoms with van der Waals surface area (Å²) in [7, 11) is -3.53. The van der Waals surface area contributed by atoms with E-state index >= 15 is 0 Å². The van der Waals surface area contributed by atoms with E-state index in [2.05, 4.69) is 15.3 Å². The molecule has 1 unspecified atom stereocenters. The number of ether oxygens (including phenoxy) is 1. The lowest BCUT2D eigenvalue weighted by molar-refractivity contribution is -0.119. The van der Waals surface area contributed by atoms with Gasteiger partial charge < -0.3 is 10.1 Å². The van der Waals surface area contributed by atoms with E-state index in [0.717, 1.165) is 12.8 Å². The Kier molecular flexibility index (Phi) is 6.12. The molecule has 2 fully saturated rings. The van der Waals surface area contributed by atoms with Crippen LogP contribution in [-0.2, 0) is 14.8 Å². The first kappa shape index (κ1) is 20.9. The Hall–Kier alpha value is -2.36. The predicted molar refractivity (Wildman–Crippen MR) is 110 cm³/mol. The highest BCUT2D eigenvalue weighted by Gasteiger charge is 2.42. The van der Waals surface area contributed by atoms with E-state index in [1.807, 2.05) is 0 Å². The van der Waals surface area contributed by atoms with Gasteiger partial charge in [-0.15, -0.1) is 0 Å². The van der Waals surface area contributed by atoms with Gasteiger partial charge in [-0.25, -0.2) is 8.42 Å². The Morgan fingerprint density at radius 2 is 1.90 bits per heavy atom. The van der Waals surface area contributed by atoms with Crippen molar-refractivity contribution in [3.05, 3.63) is 54.6 Å². The maximum atomic E-state index is 12.8. The number of carbonyl (C=O) groups excluding carboxylic acids is 1. The monoisotopic (exact) mass is 430 g/mol. The van der Waals surface area contributed by atoms with E-state index in [0.29, 0.717) is 50.6 Å². The fourth-order valence-corrected chi connectivity index (χ4v) is 5.68. The normalized spacial score (nSPS) is 21.9. The topological polar surface area (TPSA) is 101 Å². The molecular formula is C21H26N4O4S. The zero-order valence-corrected chi connectivity index (χ0v) is 17.6. The molecule has 4 rings (SSSR count). The summed E-state index contributed by atoms with van der Waals surface area (Å²) in [4.78, 5) is 20.4. The van der Waals surface area contributed by atoms with Gasteiger partial charge >= 0.3 is 0 Å². The maximum Gasteiger partial charge on any atom is 0.252 e. The fraction of sp³-hybridized carbons (Fsp3) is 0.476. The molecule has 0 saturated carbocycles. The summed E-state index contributed by atoms with van der Waals surface area (Å²) in [6, 6.07) is 6.69.